The van der Waals surface area contributed by atoms with Gasteiger partial charge in [-0.15, -0.1) is 11.3 Å². The van der Waals surface area contributed by atoms with Crippen LogP contribution in [0.4, 0.5) is 10.5 Å². The minimum Gasteiger partial charge on any atom is -0.464 e. The number of nitrogens with one attached hydrogen (secondary N) is 2. The van der Waals surface area contributed by atoms with Gasteiger partial charge in [0.1, 0.15) is 17.7 Å². The van der Waals surface area contributed by atoms with Crippen LogP contribution < -0.4 is 15.6 Å². The average molecular weight is 829 g/mol. The van der Waals surface area contributed by atoms with E-state index in [1.54, 1.807) is 27.9 Å². The zero-order valence-electron chi connectivity index (χ0n) is 36.0. The number of anilines is 1. The first kappa shape index (κ1) is 42.6. The number of hydrogen-bond acceptors (Lipinski definition) is 12. The molecule has 3 aromatic heterocycles. The molecule has 15 heteroatoms. The number of likely N-dealkylation sites (N-methyl/N-ethyl adjacent to an activating group) is 1. The van der Waals surface area contributed by atoms with Gasteiger partial charge in [-0.3, -0.25) is 19.6 Å². The normalized spacial score (nSPS) is 21.2. The number of hydrazine groups is 1. The average Bonchev–Trinajstić information content (AvgIpc) is 3.79. The number of rotatable bonds is 6. The molecule has 59 heavy (non-hydrogen) atoms. The highest BCUT2D eigenvalue weighted by Gasteiger charge is 2.36. The molecule has 3 aliphatic rings. The van der Waals surface area contributed by atoms with E-state index in [0.717, 1.165) is 76.5 Å². The highest BCUT2D eigenvalue weighted by atomic mass is 32.1. The van der Waals surface area contributed by atoms with Gasteiger partial charge in [-0.1, -0.05) is 19.9 Å². The van der Waals surface area contributed by atoms with Crippen LogP contribution in [0.3, 0.4) is 0 Å². The number of ether oxygens (including phenoxy) is 3. The van der Waals surface area contributed by atoms with E-state index in [4.69, 9.17) is 24.2 Å². The summed E-state index contributed by atoms with van der Waals surface area (Å²) in [5.74, 6) is -0.795. The zero-order valence-corrected chi connectivity index (χ0v) is 36.8. The lowest BCUT2D eigenvalue weighted by Gasteiger charge is -2.35. The van der Waals surface area contributed by atoms with Crippen molar-refractivity contribution in [3.05, 3.63) is 52.1 Å². The number of cyclic esters (lactones) is 1. The molecule has 2 saturated heterocycles. The molecule has 4 aromatic rings. The van der Waals surface area contributed by atoms with E-state index >= 15 is 0 Å². The lowest BCUT2D eigenvalue weighted by atomic mass is 9.84. The topological polar surface area (TPSA) is 143 Å². The molecule has 2 fully saturated rings. The predicted molar refractivity (Wildman–Crippen MR) is 230 cm³/mol. The Morgan fingerprint density at radius 3 is 2.61 bits per heavy atom. The molecular formula is C44H60N8O6S. The highest BCUT2D eigenvalue weighted by molar-refractivity contribution is 7.10. The number of esters is 1. The summed E-state index contributed by atoms with van der Waals surface area (Å²) in [4.78, 5) is 55.9. The van der Waals surface area contributed by atoms with Gasteiger partial charge >= 0.3 is 12.1 Å². The molecule has 14 nitrogen and oxygen atoms in total. The largest absolute Gasteiger partial charge is 0.464 e. The third kappa shape index (κ3) is 9.43. The van der Waals surface area contributed by atoms with Gasteiger partial charge in [-0.25, -0.2) is 15.2 Å². The van der Waals surface area contributed by atoms with Gasteiger partial charge in [0, 0.05) is 85.6 Å². The number of methoxy groups -OCH3 is 1. The van der Waals surface area contributed by atoms with Crippen molar-refractivity contribution in [2.24, 2.45) is 5.41 Å². The first-order valence-electron chi connectivity index (χ1n) is 20.8. The fourth-order valence-corrected chi connectivity index (χ4v) is 9.14. The number of carbonyl (C=O) groups excluding carboxylic acids is 3. The number of aromatic nitrogens is 3. The highest BCUT2D eigenvalue weighted by Crippen LogP contribution is 2.43. The van der Waals surface area contributed by atoms with Crippen LogP contribution in [0, 0.1) is 5.41 Å². The Morgan fingerprint density at radius 2 is 1.90 bits per heavy atom. The van der Waals surface area contributed by atoms with Crippen LogP contribution in [0.25, 0.3) is 33.4 Å². The van der Waals surface area contributed by atoms with Crippen molar-refractivity contribution in [1.82, 2.24) is 35.2 Å². The van der Waals surface area contributed by atoms with Crippen molar-refractivity contribution < 1.29 is 28.6 Å². The monoisotopic (exact) mass is 828 g/mol. The lowest BCUT2D eigenvalue weighted by Crippen LogP contribution is -2.60. The second-order valence-corrected chi connectivity index (χ2v) is 18.8. The van der Waals surface area contributed by atoms with E-state index in [2.05, 4.69) is 77.2 Å². The molecule has 0 aliphatic carbocycles. The number of fused-ring (bicyclic) bond motifs is 6. The second-order valence-electron chi connectivity index (χ2n) is 17.9. The molecule has 3 aliphatic heterocycles. The van der Waals surface area contributed by atoms with Crippen LogP contribution in [-0.2, 0) is 43.2 Å². The fraction of sp³-hybridized carbons (Fsp3) is 0.568. The summed E-state index contributed by atoms with van der Waals surface area (Å²) >= 11 is 1.44. The third-order valence-electron chi connectivity index (χ3n) is 11.5. The molecular weight excluding hydrogens is 769 g/mol. The van der Waals surface area contributed by atoms with Gasteiger partial charge in [-0.05, 0) is 84.7 Å². The third-order valence-corrected chi connectivity index (χ3v) is 12.3. The molecule has 1 aromatic carbocycles. The fourth-order valence-electron chi connectivity index (χ4n) is 8.29. The Bertz CT molecular complexity index is 2180. The SMILES string of the molecule is CCn1c(-c2cc(N3CCN(C)CC3)cnc2C(C)OC)c2c3cc(ccc31)-c1csc(n1)CC(NC(=O)OC(C)(C)C)C(=O)N1CCCC(N1)C(=O)OCC(C)(C)C2. The molecule has 3 unspecified atom stereocenters. The molecule has 318 valence electrons. The molecule has 6 heterocycles. The Kier molecular flexibility index (Phi) is 12.4. The zero-order chi connectivity index (χ0) is 42.2. The summed E-state index contributed by atoms with van der Waals surface area (Å²) in [5, 5.41) is 8.00. The quantitative estimate of drug-likeness (QED) is 0.210. The maximum atomic E-state index is 14.1. The minimum absolute atomic E-state index is 0.144. The summed E-state index contributed by atoms with van der Waals surface area (Å²) in [6.45, 7) is 18.8. The number of hydrogen-bond donors (Lipinski definition) is 2. The molecule has 3 atom stereocenters. The number of alkyl carbamates (subject to hydrolysis) is 1. The molecule has 2 amide bonds. The number of thiazole rings is 1. The van der Waals surface area contributed by atoms with Gasteiger partial charge in [0.25, 0.3) is 5.91 Å². The second kappa shape index (κ2) is 17.2. The van der Waals surface area contributed by atoms with Crippen LogP contribution >= 0.6 is 11.3 Å². The Morgan fingerprint density at radius 1 is 1.14 bits per heavy atom. The Balaban J connectivity index is 1.37. The summed E-state index contributed by atoms with van der Waals surface area (Å²) in [5.41, 5.74) is 9.86. The van der Waals surface area contributed by atoms with Gasteiger partial charge < -0.3 is 33.9 Å². The number of pyridine rings is 1. The predicted octanol–water partition coefficient (Wildman–Crippen LogP) is 6.36. The number of aryl methyl sites for hydroxylation is 1. The number of nitrogens with zero attached hydrogens (tertiary/aromatic N) is 6. The minimum atomic E-state index is -0.988. The van der Waals surface area contributed by atoms with Gasteiger partial charge in [0.15, 0.2) is 0 Å². The number of piperazine rings is 1. The Hall–Kier alpha value is -4.57. The van der Waals surface area contributed by atoms with Crippen molar-refractivity contribution in [2.45, 2.75) is 104 Å². The van der Waals surface area contributed by atoms with E-state index in [0.29, 0.717) is 37.4 Å². The van der Waals surface area contributed by atoms with Gasteiger partial charge in [0.2, 0.25) is 0 Å². The van der Waals surface area contributed by atoms with Crippen molar-refractivity contribution in [2.75, 3.05) is 58.4 Å². The summed E-state index contributed by atoms with van der Waals surface area (Å²) in [6, 6.07) is 7.05. The van der Waals surface area contributed by atoms with E-state index in [9.17, 15) is 14.4 Å². The summed E-state index contributed by atoms with van der Waals surface area (Å²) in [7, 11) is 3.88. The number of amides is 2. The first-order chi connectivity index (χ1) is 28.0. The molecule has 0 radical (unpaired) electrons. The number of carbonyl (C=O) groups is 3. The van der Waals surface area contributed by atoms with E-state index < -0.39 is 35.2 Å². The van der Waals surface area contributed by atoms with Crippen LogP contribution in [0.1, 0.15) is 83.7 Å². The van der Waals surface area contributed by atoms with Gasteiger partial charge in [0.05, 0.1) is 46.7 Å². The maximum Gasteiger partial charge on any atom is 0.408 e. The van der Waals surface area contributed by atoms with Crippen LogP contribution in [0.5, 0.6) is 0 Å². The van der Waals surface area contributed by atoms with Crippen molar-refractivity contribution >= 4 is 45.9 Å². The van der Waals surface area contributed by atoms with Crippen LogP contribution in [0.15, 0.2) is 35.8 Å². The molecule has 0 saturated carbocycles. The van der Waals surface area contributed by atoms with E-state index in [1.165, 1.54) is 16.3 Å². The van der Waals surface area contributed by atoms with E-state index in [1.807, 2.05) is 18.5 Å². The summed E-state index contributed by atoms with van der Waals surface area (Å²) < 4.78 is 20.0. The molecule has 2 N–H and O–H groups in total. The van der Waals surface area contributed by atoms with Crippen LogP contribution in [-0.4, -0.2) is 114 Å². The molecule has 0 spiro atoms. The van der Waals surface area contributed by atoms with Crippen LogP contribution in [0.2, 0.25) is 0 Å². The lowest BCUT2D eigenvalue weighted by molar-refractivity contribution is -0.155. The first-order valence-corrected chi connectivity index (χ1v) is 21.7. The molecule has 6 bridgehead atoms. The van der Waals surface area contributed by atoms with Crippen molar-refractivity contribution in [3.8, 4) is 22.5 Å². The van der Waals surface area contributed by atoms with E-state index in [-0.39, 0.29) is 25.0 Å². The standard InChI is InChI=1S/C44H60N8O6S/c1-10-51-36-14-13-28-20-30(36)32(39(51)31-21-29(24-45-38(31)27(2)56-9)50-18-16-49(8)17-19-50)23-44(6,7)26-57-41(54)33-12-11-15-52(48-33)40(53)34(22-37-46-35(28)25-59-37)47-42(55)58-43(3,4)5/h13-14,20-21,24-25,27,33-34,48H,10-12,15-19,22-23,26H2,1-9H3,(H,47,55). The maximum absolute atomic E-state index is 14.1. The number of benzene rings is 1. The van der Waals surface area contributed by atoms with Crippen molar-refractivity contribution in [3.63, 3.8) is 0 Å². The van der Waals surface area contributed by atoms with Crippen molar-refractivity contribution in [1.29, 1.82) is 0 Å². The smallest absolute Gasteiger partial charge is 0.408 e. The van der Waals surface area contributed by atoms with Gasteiger partial charge in [-0.2, -0.15) is 0 Å². The molecule has 7 rings (SSSR count). The summed E-state index contributed by atoms with van der Waals surface area (Å²) in [6.07, 6.45) is 2.87. The Labute approximate surface area is 351 Å².